The maximum Gasteiger partial charge on any atom is 0.255 e. The fourth-order valence-corrected chi connectivity index (χ4v) is 4.98. The van der Waals surface area contributed by atoms with Gasteiger partial charge in [-0.1, -0.05) is 58.7 Å². The van der Waals surface area contributed by atoms with E-state index in [2.05, 4.69) is 43.5 Å². The Morgan fingerprint density at radius 2 is 1.08 bits per heavy atom. The van der Waals surface area contributed by atoms with Gasteiger partial charge in [0.15, 0.2) is 23.3 Å². The monoisotopic (exact) mass is 713 g/mol. The third-order valence-corrected chi connectivity index (χ3v) is 8.22. The second kappa shape index (κ2) is 23.1. The summed E-state index contributed by atoms with van der Waals surface area (Å²) < 4.78 is 81.4. The number of rotatable bonds is 21. The average Bonchev–Trinajstić information content (AvgIpc) is 3.10. The summed E-state index contributed by atoms with van der Waals surface area (Å²) in [5.74, 6) is -10.8. The lowest BCUT2D eigenvalue weighted by molar-refractivity contribution is 0.0946. The first-order chi connectivity index (χ1) is 24.4. The Morgan fingerprint density at radius 3 is 1.59 bits per heavy atom. The van der Waals surface area contributed by atoms with Crippen LogP contribution in [-0.4, -0.2) is 19.1 Å². The fraction of sp³-hybridized carbons (Fsp3) is 0.405. The minimum atomic E-state index is -2.27. The first-order valence-electron chi connectivity index (χ1n) is 17.4. The highest BCUT2D eigenvalue weighted by molar-refractivity contribution is 5.97. The zero-order valence-electron chi connectivity index (χ0n) is 30.7. The minimum absolute atomic E-state index is 0.0265. The van der Waals surface area contributed by atoms with Gasteiger partial charge >= 0.3 is 0 Å². The summed E-state index contributed by atoms with van der Waals surface area (Å²) in [6.45, 7) is 11.7. The molecular weight excluding hydrogens is 661 g/mol. The van der Waals surface area contributed by atoms with E-state index in [1.165, 1.54) is 17.2 Å². The fourth-order valence-electron chi connectivity index (χ4n) is 4.98. The van der Waals surface area contributed by atoms with E-state index in [1.54, 1.807) is 12.1 Å². The molecule has 51 heavy (non-hydrogen) atoms. The first kappa shape index (κ1) is 42.8. The molecule has 0 saturated carbocycles. The summed E-state index contributed by atoms with van der Waals surface area (Å²) in [7, 11) is 0. The van der Waals surface area contributed by atoms with Crippen LogP contribution in [0.3, 0.4) is 0 Å². The molecule has 0 saturated heterocycles. The first-order valence-corrected chi connectivity index (χ1v) is 17.4. The van der Waals surface area contributed by atoms with Crippen molar-refractivity contribution in [3.05, 3.63) is 129 Å². The van der Waals surface area contributed by atoms with E-state index >= 15 is 0 Å². The van der Waals surface area contributed by atoms with Crippen LogP contribution in [0, 0.1) is 29.1 Å². The van der Waals surface area contributed by atoms with E-state index < -0.39 is 47.1 Å². The standard InChI is InChI=1S/C42H52F5NO3/c1-7-9-11-15-29(3)17-13-19-31(5)23-25-50-33-21-22-36(51-26-24-32(6)20-14-18-30(4)16-12-10-8-2)34(27-33)42(49)48-28-35-37(43)39(45)41(47)40(46)38(35)44/h7-10,17-18,21-24,27H,11-16,19-20,25-26,28H2,1-6H3,(H,48,49)/b9-7+,10-8+,29-17+,30-18+,31-23+,32-24+. The second-order valence-electron chi connectivity index (χ2n) is 12.5. The molecule has 2 rings (SSSR count). The summed E-state index contributed by atoms with van der Waals surface area (Å²) >= 11 is 0. The predicted molar refractivity (Wildman–Crippen MR) is 196 cm³/mol. The van der Waals surface area contributed by atoms with E-state index in [1.807, 2.05) is 52.0 Å². The van der Waals surface area contributed by atoms with Gasteiger partial charge in [0.1, 0.15) is 24.7 Å². The molecule has 278 valence electrons. The number of amides is 1. The van der Waals surface area contributed by atoms with Gasteiger partial charge in [0.25, 0.3) is 5.91 Å². The van der Waals surface area contributed by atoms with E-state index in [9.17, 15) is 26.7 Å². The Kier molecular flexibility index (Phi) is 19.4. The molecule has 0 spiro atoms. The van der Waals surface area contributed by atoms with Crippen molar-refractivity contribution in [1.82, 2.24) is 5.32 Å². The number of hydrogen-bond acceptors (Lipinski definition) is 3. The topological polar surface area (TPSA) is 47.6 Å². The molecule has 0 aliphatic carbocycles. The van der Waals surface area contributed by atoms with Gasteiger partial charge in [0.2, 0.25) is 5.82 Å². The predicted octanol–water partition coefficient (Wildman–Crippen LogP) is 12.1. The number of nitrogens with one attached hydrogen (secondary N) is 1. The van der Waals surface area contributed by atoms with Crippen LogP contribution in [0.5, 0.6) is 11.5 Å². The highest BCUT2D eigenvalue weighted by Crippen LogP contribution is 2.27. The molecule has 0 aromatic heterocycles. The van der Waals surface area contributed by atoms with Crippen molar-refractivity contribution < 1.29 is 36.2 Å². The number of benzene rings is 2. The Hall–Kier alpha value is -4.40. The Bertz CT molecular complexity index is 1610. The van der Waals surface area contributed by atoms with Gasteiger partial charge in [-0.15, -0.1) is 0 Å². The molecule has 2 aromatic rings. The molecule has 9 heteroatoms. The summed E-state index contributed by atoms with van der Waals surface area (Å²) in [4.78, 5) is 13.3. The molecule has 0 bridgehead atoms. The number of carbonyl (C=O) groups is 1. The van der Waals surface area contributed by atoms with Gasteiger partial charge in [-0.25, -0.2) is 22.0 Å². The quantitative estimate of drug-likeness (QED) is 0.0606. The molecule has 1 amide bonds. The van der Waals surface area contributed by atoms with Gasteiger partial charge < -0.3 is 14.8 Å². The highest BCUT2D eigenvalue weighted by Gasteiger charge is 2.26. The number of allylic oxidation sites excluding steroid dienone is 10. The normalized spacial score (nSPS) is 13.1. The Balaban J connectivity index is 2.16. The van der Waals surface area contributed by atoms with Gasteiger partial charge in [-0.2, -0.15) is 0 Å². The van der Waals surface area contributed by atoms with Gasteiger partial charge in [-0.3, -0.25) is 4.79 Å². The SMILES string of the molecule is C/C=C/CC/C(C)=C/CC/C(C)=C/COc1ccc(OC/C=C(\C)CC/C=C(\C)CC/C=C/C)c(C(=O)NCc2c(F)c(F)c(F)c(F)c2F)c1. The van der Waals surface area contributed by atoms with E-state index in [4.69, 9.17) is 9.47 Å². The third-order valence-electron chi connectivity index (χ3n) is 8.22. The van der Waals surface area contributed by atoms with Crippen LogP contribution in [0.25, 0.3) is 0 Å². The summed E-state index contributed by atoms with van der Waals surface area (Å²) in [5, 5.41) is 2.26. The molecular formula is C42H52F5NO3. The number of ether oxygens (including phenoxy) is 2. The zero-order chi connectivity index (χ0) is 37.8. The van der Waals surface area contributed by atoms with Crippen LogP contribution in [-0.2, 0) is 6.54 Å². The minimum Gasteiger partial charge on any atom is -0.490 e. The van der Waals surface area contributed by atoms with E-state index in [-0.39, 0.29) is 24.5 Å². The smallest absolute Gasteiger partial charge is 0.255 e. The average molecular weight is 714 g/mol. The van der Waals surface area contributed by atoms with E-state index in [0.29, 0.717) is 5.75 Å². The lowest BCUT2D eigenvalue weighted by Crippen LogP contribution is -2.25. The second-order valence-corrected chi connectivity index (χ2v) is 12.5. The van der Waals surface area contributed by atoms with Crippen LogP contribution in [0.4, 0.5) is 22.0 Å². The third kappa shape index (κ3) is 15.2. The van der Waals surface area contributed by atoms with Crippen LogP contribution < -0.4 is 14.8 Å². The molecule has 4 nitrogen and oxygen atoms in total. The lowest BCUT2D eigenvalue weighted by atomic mass is 10.1. The van der Waals surface area contributed by atoms with Crippen molar-refractivity contribution in [3.63, 3.8) is 0 Å². The molecule has 0 unspecified atom stereocenters. The number of carbonyl (C=O) groups excluding carboxylic acids is 1. The van der Waals surface area contributed by atoms with Crippen molar-refractivity contribution in [3.8, 4) is 11.5 Å². The van der Waals surface area contributed by atoms with Crippen molar-refractivity contribution in [1.29, 1.82) is 0 Å². The van der Waals surface area contributed by atoms with Crippen LogP contribution in [0.15, 0.2) is 89.1 Å². The van der Waals surface area contributed by atoms with Crippen molar-refractivity contribution in [2.45, 2.75) is 99.5 Å². The summed E-state index contributed by atoms with van der Waals surface area (Å²) in [6, 6.07) is 4.59. The Labute approximate surface area is 300 Å². The van der Waals surface area contributed by atoms with Crippen LogP contribution in [0.1, 0.15) is 109 Å². The molecule has 0 atom stereocenters. The summed E-state index contributed by atoms with van der Waals surface area (Å²) in [5.41, 5.74) is 3.71. The number of halogens is 5. The number of hydrogen-bond donors (Lipinski definition) is 1. The zero-order valence-corrected chi connectivity index (χ0v) is 30.7. The molecule has 0 heterocycles. The lowest BCUT2D eigenvalue weighted by Gasteiger charge is -2.14. The molecule has 0 aliphatic heterocycles. The van der Waals surface area contributed by atoms with Gasteiger partial charge in [-0.05, 0) is 123 Å². The highest BCUT2D eigenvalue weighted by atomic mass is 19.2. The maximum absolute atomic E-state index is 14.3. The largest absolute Gasteiger partial charge is 0.490 e. The molecule has 2 aromatic carbocycles. The van der Waals surface area contributed by atoms with Crippen LogP contribution in [0.2, 0.25) is 0 Å². The van der Waals surface area contributed by atoms with Crippen molar-refractivity contribution in [2.75, 3.05) is 13.2 Å². The Morgan fingerprint density at radius 1 is 0.627 bits per heavy atom. The van der Waals surface area contributed by atoms with Crippen molar-refractivity contribution >= 4 is 5.91 Å². The maximum atomic E-state index is 14.3. The van der Waals surface area contributed by atoms with Crippen LogP contribution >= 0.6 is 0 Å². The van der Waals surface area contributed by atoms with Gasteiger partial charge in [0, 0.05) is 12.1 Å². The molecule has 1 N–H and O–H groups in total. The van der Waals surface area contributed by atoms with Crippen molar-refractivity contribution in [2.24, 2.45) is 0 Å². The van der Waals surface area contributed by atoms with Gasteiger partial charge in [0.05, 0.1) is 5.56 Å². The molecule has 0 aliphatic rings. The summed E-state index contributed by atoms with van der Waals surface area (Å²) in [6.07, 6.45) is 24.2. The molecule has 0 fully saturated rings. The molecule has 0 radical (unpaired) electrons. The van der Waals surface area contributed by atoms with E-state index in [0.717, 1.165) is 62.5 Å².